The van der Waals surface area contributed by atoms with Gasteiger partial charge in [0.25, 0.3) is 0 Å². The van der Waals surface area contributed by atoms with Gasteiger partial charge in [-0.1, -0.05) is 0 Å². The second kappa shape index (κ2) is 4.08. The van der Waals surface area contributed by atoms with Crippen LogP contribution in [0.1, 0.15) is 11.3 Å². The molecule has 2 heterocycles. The maximum absolute atomic E-state index is 5.27. The Balaban J connectivity index is 2.10. The maximum atomic E-state index is 5.27. The third-order valence-corrected chi connectivity index (χ3v) is 3.69. The summed E-state index contributed by atoms with van der Waals surface area (Å²) >= 11 is 0. The van der Waals surface area contributed by atoms with Crippen LogP contribution in [0.5, 0.6) is 5.75 Å². The number of H-pyrrole nitrogens is 1. The number of aromatic amines is 1. The third-order valence-electron chi connectivity index (χ3n) is 3.69. The Bertz CT molecular complexity index is 544. The normalized spacial score (nSPS) is 16.8. The van der Waals surface area contributed by atoms with E-state index in [0.29, 0.717) is 0 Å². The van der Waals surface area contributed by atoms with Gasteiger partial charge in [-0.05, 0) is 31.2 Å². The number of benzene rings is 1. The summed E-state index contributed by atoms with van der Waals surface area (Å²) in [6, 6.07) is 6.31. The molecule has 1 aromatic heterocycles. The lowest BCUT2D eigenvalue weighted by Crippen LogP contribution is -2.21. The molecule has 1 aliphatic rings. The van der Waals surface area contributed by atoms with Crippen molar-refractivity contribution in [1.82, 2.24) is 9.88 Å². The number of aromatic nitrogens is 1. The molecule has 0 fully saturated rings. The molecule has 0 bridgehead atoms. The van der Waals surface area contributed by atoms with Crippen LogP contribution in [-0.2, 0) is 12.8 Å². The van der Waals surface area contributed by atoms with Gasteiger partial charge in [-0.3, -0.25) is 0 Å². The first-order valence-corrected chi connectivity index (χ1v) is 6.14. The summed E-state index contributed by atoms with van der Waals surface area (Å²) in [5.74, 6) is 0.922. The van der Waals surface area contributed by atoms with E-state index in [4.69, 9.17) is 4.74 Å². The number of ether oxygens (including phenoxy) is 1. The molecule has 0 amide bonds. The summed E-state index contributed by atoms with van der Waals surface area (Å²) in [6.07, 6.45) is 2.25. The van der Waals surface area contributed by atoms with Crippen molar-refractivity contribution in [2.24, 2.45) is 0 Å². The molecule has 0 unspecified atom stereocenters. The molecule has 2 aromatic rings. The lowest BCUT2D eigenvalue weighted by atomic mass is 10.1. The number of rotatable bonds is 1. The fourth-order valence-corrected chi connectivity index (χ4v) is 2.63. The largest absolute Gasteiger partial charge is 0.497 e. The Morgan fingerprint density at radius 2 is 2.06 bits per heavy atom. The van der Waals surface area contributed by atoms with Crippen LogP contribution in [0.15, 0.2) is 18.2 Å². The minimum Gasteiger partial charge on any atom is -0.497 e. The smallest absolute Gasteiger partial charge is 0.120 e. The van der Waals surface area contributed by atoms with Crippen molar-refractivity contribution >= 4 is 10.9 Å². The van der Waals surface area contributed by atoms with Gasteiger partial charge in [-0.15, -0.1) is 0 Å². The molecule has 0 saturated heterocycles. The Morgan fingerprint density at radius 1 is 1.24 bits per heavy atom. The van der Waals surface area contributed by atoms with Gasteiger partial charge in [-0.25, -0.2) is 0 Å². The first kappa shape index (κ1) is 10.7. The SMILES string of the molecule is COc1ccc2c3c([nH]c2c1)CCN(C)CC3. The quantitative estimate of drug-likeness (QED) is 0.813. The van der Waals surface area contributed by atoms with Gasteiger partial charge < -0.3 is 14.6 Å². The van der Waals surface area contributed by atoms with Gasteiger partial charge in [-0.2, -0.15) is 0 Å². The average molecular weight is 230 g/mol. The van der Waals surface area contributed by atoms with Crippen molar-refractivity contribution in [2.75, 3.05) is 27.2 Å². The van der Waals surface area contributed by atoms with Gasteiger partial charge >= 0.3 is 0 Å². The van der Waals surface area contributed by atoms with Gasteiger partial charge in [0.2, 0.25) is 0 Å². The van der Waals surface area contributed by atoms with Crippen LogP contribution >= 0.6 is 0 Å². The molecule has 0 spiro atoms. The van der Waals surface area contributed by atoms with E-state index >= 15 is 0 Å². The summed E-state index contributed by atoms with van der Waals surface area (Å²) in [5.41, 5.74) is 4.10. The number of fused-ring (bicyclic) bond motifs is 3. The zero-order valence-corrected chi connectivity index (χ0v) is 10.4. The van der Waals surface area contributed by atoms with Gasteiger partial charge in [0, 0.05) is 42.2 Å². The molecule has 1 N–H and O–H groups in total. The molecular weight excluding hydrogens is 212 g/mol. The minimum absolute atomic E-state index is 0.922. The number of methoxy groups -OCH3 is 1. The molecule has 17 heavy (non-hydrogen) atoms. The lowest BCUT2D eigenvalue weighted by molar-refractivity contribution is 0.352. The maximum Gasteiger partial charge on any atom is 0.120 e. The van der Waals surface area contributed by atoms with E-state index in [9.17, 15) is 0 Å². The van der Waals surface area contributed by atoms with E-state index < -0.39 is 0 Å². The second-order valence-corrected chi connectivity index (χ2v) is 4.80. The van der Waals surface area contributed by atoms with Crippen molar-refractivity contribution in [3.8, 4) is 5.75 Å². The summed E-state index contributed by atoms with van der Waals surface area (Å²) in [4.78, 5) is 5.94. The molecular formula is C14H18N2O. The number of hydrogen-bond donors (Lipinski definition) is 1. The average Bonchev–Trinajstić information content (AvgIpc) is 2.60. The summed E-state index contributed by atoms with van der Waals surface area (Å²) < 4.78 is 5.27. The molecule has 1 aromatic carbocycles. The van der Waals surface area contributed by atoms with E-state index in [2.05, 4.69) is 29.1 Å². The number of likely N-dealkylation sites (N-methyl/N-ethyl adjacent to an activating group) is 1. The monoisotopic (exact) mass is 230 g/mol. The Labute approximate surface area is 101 Å². The first-order valence-electron chi connectivity index (χ1n) is 6.14. The van der Waals surface area contributed by atoms with Crippen molar-refractivity contribution in [2.45, 2.75) is 12.8 Å². The molecule has 90 valence electrons. The zero-order chi connectivity index (χ0) is 11.8. The molecule has 3 heteroatoms. The minimum atomic E-state index is 0.922. The van der Waals surface area contributed by atoms with Crippen molar-refractivity contribution in [1.29, 1.82) is 0 Å². The lowest BCUT2D eigenvalue weighted by Gasteiger charge is -2.11. The van der Waals surface area contributed by atoms with Crippen LogP contribution in [0.4, 0.5) is 0 Å². The number of hydrogen-bond acceptors (Lipinski definition) is 2. The van der Waals surface area contributed by atoms with Gasteiger partial charge in [0.05, 0.1) is 7.11 Å². The van der Waals surface area contributed by atoms with Gasteiger partial charge in [0.15, 0.2) is 0 Å². The highest BCUT2D eigenvalue weighted by Gasteiger charge is 2.16. The standard InChI is InChI=1S/C14H18N2O/c1-16-7-5-12-11-4-3-10(17-2)9-14(11)15-13(12)6-8-16/h3-4,9,15H,5-8H2,1-2H3. The van der Waals surface area contributed by atoms with Crippen molar-refractivity contribution in [3.05, 3.63) is 29.5 Å². The topological polar surface area (TPSA) is 28.3 Å². The molecule has 0 radical (unpaired) electrons. The molecule has 1 aliphatic heterocycles. The van der Waals surface area contributed by atoms with Crippen molar-refractivity contribution < 1.29 is 4.74 Å². The van der Waals surface area contributed by atoms with Crippen LogP contribution in [0.2, 0.25) is 0 Å². The predicted molar refractivity (Wildman–Crippen MR) is 69.8 cm³/mol. The van der Waals surface area contributed by atoms with E-state index in [1.54, 1.807) is 7.11 Å². The number of nitrogens with one attached hydrogen (secondary N) is 1. The van der Waals surface area contributed by atoms with Crippen LogP contribution < -0.4 is 4.74 Å². The van der Waals surface area contributed by atoms with E-state index in [0.717, 1.165) is 31.7 Å². The molecule has 0 atom stereocenters. The van der Waals surface area contributed by atoms with E-state index in [1.165, 1.54) is 22.2 Å². The Hall–Kier alpha value is -1.48. The van der Waals surface area contributed by atoms with Crippen LogP contribution in [0, 0.1) is 0 Å². The predicted octanol–water partition coefficient (Wildman–Crippen LogP) is 2.21. The Morgan fingerprint density at radius 3 is 2.88 bits per heavy atom. The van der Waals surface area contributed by atoms with Crippen LogP contribution in [0.25, 0.3) is 10.9 Å². The summed E-state index contributed by atoms with van der Waals surface area (Å²) in [5, 5.41) is 1.36. The van der Waals surface area contributed by atoms with Crippen LogP contribution in [0.3, 0.4) is 0 Å². The Kier molecular flexibility index (Phi) is 2.56. The van der Waals surface area contributed by atoms with Crippen LogP contribution in [-0.4, -0.2) is 37.1 Å². The fourth-order valence-electron chi connectivity index (χ4n) is 2.63. The summed E-state index contributed by atoms with van der Waals surface area (Å²) in [7, 11) is 3.90. The first-order chi connectivity index (χ1) is 8.28. The number of nitrogens with zero attached hydrogens (tertiary/aromatic N) is 1. The highest BCUT2D eigenvalue weighted by atomic mass is 16.5. The third kappa shape index (κ3) is 1.80. The molecule has 0 aliphatic carbocycles. The fraction of sp³-hybridized carbons (Fsp3) is 0.429. The van der Waals surface area contributed by atoms with Gasteiger partial charge in [0.1, 0.15) is 5.75 Å². The van der Waals surface area contributed by atoms with E-state index in [-0.39, 0.29) is 0 Å². The molecule has 0 saturated carbocycles. The van der Waals surface area contributed by atoms with E-state index in [1.807, 2.05) is 6.07 Å². The molecule has 3 rings (SSSR count). The highest BCUT2D eigenvalue weighted by molar-refractivity contribution is 5.86. The summed E-state index contributed by atoms with van der Waals surface area (Å²) in [6.45, 7) is 2.28. The van der Waals surface area contributed by atoms with Crippen molar-refractivity contribution in [3.63, 3.8) is 0 Å². The second-order valence-electron chi connectivity index (χ2n) is 4.80. The highest BCUT2D eigenvalue weighted by Crippen LogP contribution is 2.28. The molecule has 3 nitrogen and oxygen atoms in total. The zero-order valence-electron chi connectivity index (χ0n) is 10.4.